The van der Waals surface area contributed by atoms with Crippen LogP contribution in [-0.2, 0) is 6.42 Å². The lowest BCUT2D eigenvalue weighted by atomic mass is 9.76. The molecule has 0 radical (unpaired) electrons. The first kappa shape index (κ1) is 15.5. The maximum absolute atomic E-state index is 13.3. The first-order valence-corrected chi connectivity index (χ1v) is 8.14. The Morgan fingerprint density at radius 2 is 2.00 bits per heavy atom. The molecular formula is C18H28FN. The number of hydrogen-bond donors (Lipinski definition) is 1. The Morgan fingerprint density at radius 3 is 2.60 bits per heavy atom. The average Bonchev–Trinajstić information content (AvgIpc) is 2.46. The van der Waals surface area contributed by atoms with Crippen LogP contribution < -0.4 is 5.32 Å². The molecule has 2 heteroatoms. The van der Waals surface area contributed by atoms with Crippen LogP contribution in [0.3, 0.4) is 0 Å². The zero-order valence-corrected chi connectivity index (χ0v) is 12.9. The number of rotatable bonds is 6. The summed E-state index contributed by atoms with van der Waals surface area (Å²) in [6.07, 6.45) is 9.04. The van der Waals surface area contributed by atoms with Crippen molar-refractivity contribution >= 4 is 0 Å². The van der Waals surface area contributed by atoms with Crippen LogP contribution in [0.15, 0.2) is 24.3 Å². The molecule has 0 aromatic heterocycles. The van der Waals surface area contributed by atoms with Gasteiger partial charge in [0.1, 0.15) is 5.82 Å². The standard InChI is InChI=1S/C18H28FN/c1-3-5-14-8-10-16(11-9-14)18(20-2)13-15-6-4-7-17(19)12-15/h4,6-7,12,14,16,18,20H,3,5,8-11,13H2,1-2H3. The van der Waals surface area contributed by atoms with Crippen LogP contribution in [0.4, 0.5) is 4.39 Å². The van der Waals surface area contributed by atoms with Gasteiger partial charge in [-0.1, -0.05) is 44.7 Å². The first-order chi connectivity index (χ1) is 9.72. The average molecular weight is 277 g/mol. The van der Waals surface area contributed by atoms with Crippen LogP contribution in [-0.4, -0.2) is 13.1 Å². The number of halogens is 1. The molecule has 1 nitrogen and oxygen atoms in total. The maximum Gasteiger partial charge on any atom is 0.123 e. The normalized spacial score (nSPS) is 24.6. The molecule has 1 atom stereocenters. The summed E-state index contributed by atoms with van der Waals surface area (Å²) >= 11 is 0. The van der Waals surface area contributed by atoms with Gasteiger partial charge in [-0.2, -0.15) is 0 Å². The SMILES string of the molecule is CCCC1CCC(C(Cc2cccc(F)c2)NC)CC1. The third-order valence-electron chi connectivity index (χ3n) is 4.87. The van der Waals surface area contributed by atoms with Gasteiger partial charge in [-0.3, -0.25) is 0 Å². The van der Waals surface area contributed by atoms with E-state index in [4.69, 9.17) is 0 Å². The summed E-state index contributed by atoms with van der Waals surface area (Å²) in [6, 6.07) is 7.53. The smallest absolute Gasteiger partial charge is 0.123 e. The van der Waals surface area contributed by atoms with Gasteiger partial charge in [-0.15, -0.1) is 0 Å². The van der Waals surface area contributed by atoms with E-state index >= 15 is 0 Å². The van der Waals surface area contributed by atoms with Gasteiger partial charge in [0.15, 0.2) is 0 Å². The third-order valence-corrected chi connectivity index (χ3v) is 4.87. The van der Waals surface area contributed by atoms with Gasteiger partial charge in [0, 0.05) is 6.04 Å². The Balaban J connectivity index is 1.89. The fourth-order valence-electron chi connectivity index (χ4n) is 3.71. The summed E-state index contributed by atoms with van der Waals surface area (Å²) < 4.78 is 13.3. The summed E-state index contributed by atoms with van der Waals surface area (Å²) in [5.41, 5.74) is 1.11. The number of likely N-dealkylation sites (N-methyl/N-ethyl adjacent to an activating group) is 1. The van der Waals surface area contributed by atoms with Crippen molar-refractivity contribution in [1.82, 2.24) is 5.32 Å². The molecule has 1 saturated carbocycles. The molecule has 1 unspecified atom stereocenters. The van der Waals surface area contributed by atoms with Gasteiger partial charge < -0.3 is 5.32 Å². The van der Waals surface area contributed by atoms with E-state index in [2.05, 4.69) is 12.2 Å². The number of hydrogen-bond acceptors (Lipinski definition) is 1. The zero-order valence-electron chi connectivity index (χ0n) is 12.9. The molecule has 1 aromatic rings. The molecule has 0 bridgehead atoms. The molecule has 0 saturated heterocycles. The van der Waals surface area contributed by atoms with Crippen molar-refractivity contribution in [3.8, 4) is 0 Å². The van der Waals surface area contributed by atoms with Crippen molar-refractivity contribution in [2.24, 2.45) is 11.8 Å². The molecule has 112 valence electrons. The van der Waals surface area contributed by atoms with Gasteiger partial charge in [-0.05, 0) is 55.8 Å². The lowest BCUT2D eigenvalue weighted by molar-refractivity contribution is 0.217. The Morgan fingerprint density at radius 1 is 1.25 bits per heavy atom. The summed E-state index contributed by atoms with van der Waals surface area (Å²) in [7, 11) is 2.04. The Hall–Kier alpha value is -0.890. The molecule has 0 spiro atoms. The van der Waals surface area contributed by atoms with Gasteiger partial charge in [-0.25, -0.2) is 4.39 Å². The lowest BCUT2D eigenvalue weighted by Gasteiger charge is -2.34. The second-order valence-electron chi connectivity index (χ2n) is 6.30. The van der Waals surface area contributed by atoms with Crippen molar-refractivity contribution < 1.29 is 4.39 Å². The predicted octanol–water partition coefficient (Wildman–Crippen LogP) is 4.56. The largest absolute Gasteiger partial charge is 0.316 e. The van der Waals surface area contributed by atoms with Crippen molar-refractivity contribution in [2.45, 2.75) is 57.9 Å². The summed E-state index contributed by atoms with van der Waals surface area (Å²) in [5.74, 6) is 1.57. The number of benzene rings is 1. The minimum atomic E-state index is -0.121. The topological polar surface area (TPSA) is 12.0 Å². The molecule has 2 rings (SSSR count). The van der Waals surface area contributed by atoms with E-state index in [1.807, 2.05) is 19.2 Å². The molecule has 1 N–H and O–H groups in total. The van der Waals surface area contributed by atoms with Crippen molar-refractivity contribution in [2.75, 3.05) is 7.05 Å². The quantitative estimate of drug-likeness (QED) is 0.803. The van der Waals surface area contributed by atoms with Crippen LogP contribution in [0, 0.1) is 17.7 Å². The maximum atomic E-state index is 13.3. The van der Waals surface area contributed by atoms with E-state index in [9.17, 15) is 4.39 Å². The molecule has 0 heterocycles. The summed E-state index contributed by atoms with van der Waals surface area (Å²) in [4.78, 5) is 0. The molecular weight excluding hydrogens is 249 g/mol. The van der Waals surface area contributed by atoms with E-state index < -0.39 is 0 Å². The second-order valence-corrected chi connectivity index (χ2v) is 6.30. The van der Waals surface area contributed by atoms with Crippen LogP contribution in [0.2, 0.25) is 0 Å². The Kier molecular flexibility index (Phi) is 6.03. The highest BCUT2D eigenvalue weighted by molar-refractivity contribution is 5.17. The van der Waals surface area contributed by atoms with E-state index in [0.717, 1.165) is 23.8 Å². The van der Waals surface area contributed by atoms with Crippen molar-refractivity contribution in [1.29, 1.82) is 0 Å². The fraction of sp³-hybridized carbons (Fsp3) is 0.667. The summed E-state index contributed by atoms with van der Waals surface area (Å²) in [5, 5.41) is 3.46. The van der Waals surface area contributed by atoms with Crippen LogP contribution in [0.1, 0.15) is 51.0 Å². The van der Waals surface area contributed by atoms with Crippen LogP contribution in [0.25, 0.3) is 0 Å². The van der Waals surface area contributed by atoms with Gasteiger partial charge in [0.05, 0.1) is 0 Å². The zero-order chi connectivity index (χ0) is 14.4. The predicted molar refractivity (Wildman–Crippen MR) is 83.3 cm³/mol. The highest BCUT2D eigenvalue weighted by atomic mass is 19.1. The van der Waals surface area contributed by atoms with E-state index in [0.29, 0.717) is 6.04 Å². The van der Waals surface area contributed by atoms with E-state index in [1.54, 1.807) is 6.07 Å². The number of nitrogens with one attached hydrogen (secondary N) is 1. The van der Waals surface area contributed by atoms with Gasteiger partial charge in [0.2, 0.25) is 0 Å². The third kappa shape index (κ3) is 4.31. The molecule has 0 amide bonds. The summed E-state index contributed by atoms with van der Waals surface area (Å²) in [6.45, 7) is 2.28. The molecule has 1 aliphatic carbocycles. The molecule has 1 aliphatic rings. The second kappa shape index (κ2) is 7.78. The Labute approximate surface area is 123 Å². The highest BCUT2D eigenvalue weighted by Gasteiger charge is 2.26. The molecule has 0 aliphatic heterocycles. The first-order valence-electron chi connectivity index (χ1n) is 8.14. The molecule has 20 heavy (non-hydrogen) atoms. The van der Waals surface area contributed by atoms with Crippen LogP contribution >= 0.6 is 0 Å². The Bertz CT molecular complexity index is 396. The highest BCUT2D eigenvalue weighted by Crippen LogP contribution is 2.34. The fourth-order valence-corrected chi connectivity index (χ4v) is 3.71. The van der Waals surface area contributed by atoms with Gasteiger partial charge in [0.25, 0.3) is 0 Å². The molecule has 1 fully saturated rings. The lowest BCUT2D eigenvalue weighted by Crippen LogP contribution is -2.37. The molecule has 1 aromatic carbocycles. The van der Waals surface area contributed by atoms with E-state index in [1.165, 1.54) is 44.6 Å². The minimum Gasteiger partial charge on any atom is -0.316 e. The van der Waals surface area contributed by atoms with E-state index in [-0.39, 0.29) is 5.82 Å². The van der Waals surface area contributed by atoms with Gasteiger partial charge >= 0.3 is 0 Å². The van der Waals surface area contributed by atoms with Crippen molar-refractivity contribution in [3.63, 3.8) is 0 Å². The minimum absolute atomic E-state index is 0.121. The van der Waals surface area contributed by atoms with Crippen molar-refractivity contribution in [3.05, 3.63) is 35.6 Å². The monoisotopic (exact) mass is 277 g/mol. The van der Waals surface area contributed by atoms with Crippen LogP contribution in [0.5, 0.6) is 0 Å².